The molecular weight excluding hydrogens is 287 g/mol. The summed E-state index contributed by atoms with van der Waals surface area (Å²) in [6, 6.07) is 2.39. The molecule has 4 heteroatoms. The largest absolute Gasteiger partial charge is 0.205 e. The molecule has 0 N–H and O–H groups in total. The number of benzene rings is 1. The monoisotopic (exact) mass is 309 g/mol. The molecule has 0 spiro atoms. The molecule has 1 saturated carbocycles. The van der Waals surface area contributed by atoms with E-state index >= 15 is 0 Å². The molecule has 0 saturated heterocycles. The summed E-state index contributed by atoms with van der Waals surface area (Å²) in [6.45, 7) is 2.17. The van der Waals surface area contributed by atoms with Gasteiger partial charge in [-0.1, -0.05) is 32.6 Å². The average Bonchev–Trinajstić information content (AvgIpc) is 2.52. The molecule has 0 radical (unpaired) electrons. The molecule has 0 bridgehead atoms. The van der Waals surface area contributed by atoms with Crippen molar-refractivity contribution in [3.63, 3.8) is 0 Å². The minimum Gasteiger partial charge on any atom is -0.205 e. The third-order valence-corrected chi connectivity index (χ3v) is 4.80. The van der Waals surface area contributed by atoms with E-state index in [0.29, 0.717) is 5.92 Å². The Hall–Kier alpha value is -1.50. The molecule has 0 heterocycles. The molecular formula is C18H22F3N. The first-order chi connectivity index (χ1) is 10.6. The molecule has 0 unspecified atom stereocenters. The van der Waals surface area contributed by atoms with E-state index in [1.165, 1.54) is 31.8 Å². The third kappa shape index (κ3) is 3.63. The number of unbranched alkanes of at least 4 members (excludes halogenated alkanes) is 2. The van der Waals surface area contributed by atoms with E-state index in [2.05, 4.69) is 6.92 Å². The zero-order chi connectivity index (χ0) is 16.1. The summed E-state index contributed by atoms with van der Waals surface area (Å²) < 4.78 is 41.5. The molecule has 1 aliphatic rings. The van der Waals surface area contributed by atoms with Crippen LogP contribution in [-0.4, -0.2) is 0 Å². The van der Waals surface area contributed by atoms with Crippen molar-refractivity contribution in [1.82, 2.24) is 0 Å². The molecule has 0 aromatic heterocycles. The van der Waals surface area contributed by atoms with Crippen molar-refractivity contribution in [3.05, 3.63) is 34.6 Å². The topological polar surface area (TPSA) is 23.8 Å². The first-order valence-electron chi connectivity index (χ1n) is 8.15. The highest BCUT2D eigenvalue weighted by Crippen LogP contribution is 2.39. The molecule has 0 amide bonds. The Labute approximate surface area is 130 Å². The van der Waals surface area contributed by atoms with Crippen LogP contribution in [0.5, 0.6) is 0 Å². The summed E-state index contributed by atoms with van der Waals surface area (Å²) in [7, 11) is 0. The lowest BCUT2D eigenvalue weighted by molar-refractivity contribution is 0.297. The second kappa shape index (κ2) is 7.67. The summed E-state index contributed by atoms with van der Waals surface area (Å²) in [6.07, 6.45) is 8.34. The third-order valence-electron chi connectivity index (χ3n) is 4.80. The second-order valence-electron chi connectivity index (χ2n) is 6.28. The van der Waals surface area contributed by atoms with Crippen LogP contribution in [0.15, 0.2) is 6.07 Å². The van der Waals surface area contributed by atoms with E-state index in [1.807, 2.05) is 0 Å². The lowest BCUT2D eigenvalue weighted by Crippen LogP contribution is -2.15. The van der Waals surface area contributed by atoms with E-state index in [1.54, 1.807) is 0 Å². The Bertz CT molecular complexity index is 554. The number of rotatable bonds is 5. The normalized spacial score (nSPS) is 21.6. The van der Waals surface area contributed by atoms with Crippen LogP contribution >= 0.6 is 0 Å². The Morgan fingerprint density at radius 3 is 2.36 bits per heavy atom. The van der Waals surface area contributed by atoms with Crippen molar-refractivity contribution in [2.24, 2.45) is 5.92 Å². The van der Waals surface area contributed by atoms with E-state index in [9.17, 15) is 13.2 Å². The summed E-state index contributed by atoms with van der Waals surface area (Å²) in [5.74, 6) is -2.84. The highest BCUT2D eigenvalue weighted by atomic mass is 19.2. The molecule has 22 heavy (non-hydrogen) atoms. The number of nitriles is 1. The van der Waals surface area contributed by atoms with Crippen LogP contribution in [0.1, 0.15) is 75.3 Å². The van der Waals surface area contributed by atoms with Crippen LogP contribution in [-0.2, 0) is 0 Å². The van der Waals surface area contributed by atoms with Crippen molar-refractivity contribution in [2.45, 2.75) is 64.2 Å². The Morgan fingerprint density at radius 2 is 1.77 bits per heavy atom. The molecule has 1 aromatic rings. The van der Waals surface area contributed by atoms with Crippen molar-refractivity contribution < 1.29 is 13.2 Å². The Morgan fingerprint density at radius 1 is 1.09 bits per heavy atom. The molecule has 0 aliphatic heterocycles. The summed E-state index contributed by atoms with van der Waals surface area (Å²) >= 11 is 0. The number of hydrogen-bond donors (Lipinski definition) is 0. The molecule has 0 atom stereocenters. The van der Waals surface area contributed by atoms with Gasteiger partial charge in [0.1, 0.15) is 17.4 Å². The minimum atomic E-state index is -1.34. The first-order valence-corrected chi connectivity index (χ1v) is 8.15. The summed E-state index contributed by atoms with van der Waals surface area (Å²) in [5.41, 5.74) is -0.726. The maximum atomic E-state index is 14.1. The fourth-order valence-electron chi connectivity index (χ4n) is 3.46. The van der Waals surface area contributed by atoms with Gasteiger partial charge in [-0.15, -0.1) is 0 Å². The van der Waals surface area contributed by atoms with Gasteiger partial charge in [0.15, 0.2) is 11.6 Å². The van der Waals surface area contributed by atoms with Gasteiger partial charge in [0.05, 0.1) is 0 Å². The SMILES string of the molecule is CCCCC[C@H]1CC[C@H](c2cc(F)c(C#N)c(F)c2F)CC1. The van der Waals surface area contributed by atoms with Gasteiger partial charge in [-0.25, -0.2) is 13.2 Å². The van der Waals surface area contributed by atoms with Crippen LogP contribution in [0, 0.1) is 34.7 Å². The maximum absolute atomic E-state index is 14.1. The minimum absolute atomic E-state index is 0.0982. The molecule has 1 nitrogen and oxygen atoms in total. The van der Waals surface area contributed by atoms with Crippen LogP contribution < -0.4 is 0 Å². The van der Waals surface area contributed by atoms with E-state index in [-0.39, 0.29) is 11.5 Å². The van der Waals surface area contributed by atoms with E-state index < -0.39 is 23.0 Å². The average molecular weight is 309 g/mol. The fraction of sp³-hybridized carbons (Fsp3) is 0.611. The highest BCUT2D eigenvalue weighted by Gasteiger charge is 2.27. The van der Waals surface area contributed by atoms with Gasteiger partial charge < -0.3 is 0 Å². The van der Waals surface area contributed by atoms with Crippen LogP contribution in [0.25, 0.3) is 0 Å². The zero-order valence-corrected chi connectivity index (χ0v) is 13.0. The van der Waals surface area contributed by atoms with Crippen LogP contribution in [0.4, 0.5) is 13.2 Å². The van der Waals surface area contributed by atoms with Gasteiger partial charge >= 0.3 is 0 Å². The molecule has 1 fully saturated rings. The second-order valence-corrected chi connectivity index (χ2v) is 6.28. The molecule has 120 valence electrons. The van der Waals surface area contributed by atoms with Gasteiger partial charge in [-0.2, -0.15) is 5.26 Å². The molecule has 2 rings (SSSR count). The predicted molar refractivity (Wildman–Crippen MR) is 79.9 cm³/mol. The Kier molecular flexibility index (Phi) is 5.88. The smallest absolute Gasteiger partial charge is 0.179 e. The van der Waals surface area contributed by atoms with Crippen molar-refractivity contribution in [2.75, 3.05) is 0 Å². The van der Waals surface area contributed by atoms with E-state index in [0.717, 1.165) is 31.7 Å². The van der Waals surface area contributed by atoms with Crippen molar-refractivity contribution in [1.29, 1.82) is 5.26 Å². The van der Waals surface area contributed by atoms with E-state index in [4.69, 9.17) is 5.26 Å². The van der Waals surface area contributed by atoms with Crippen molar-refractivity contribution >= 4 is 0 Å². The summed E-state index contributed by atoms with van der Waals surface area (Å²) in [4.78, 5) is 0. The zero-order valence-electron chi connectivity index (χ0n) is 13.0. The maximum Gasteiger partial charge on any atom is 0.179 e. The lowest BCUT2D eigenvalue weighted by Gasteiger charge is -2.29. The number of halogens is 3. The standard InChI is InChI=1S/C18H22F3N/c1-2-3-4-5-12-6-8-13(9-7-12)14-10-16(19)15(11-22)18(21)17(14)20/h10,12-13H,2-9H2,1H3/t12-,13-. The fourth-order valence-corrected chi connectivity index (χ4v) is 3.46. The Balaban J connectivity index is 2.04. The number of nitrogens with zero attached hydrogens (tertiary/aromatic N) is 1. The van der Waals surface area contributed by atoms with Gasteiger partial charge in [0.25, 0.3) is 0 Å². The van der Waals surface area contributed by atoms with Gasteiger partial charge in [0.2, 0.25) is 0 Å². The van der Waals surface area contributed by atoms with Gasteiger partial charge in [-0.05, 0) is 49.1 Å². The molecule has 1 aliphatic carbocycles. The predicted octanol–water partition coefficient (Wildman–Crippen LogP) is 5.83. The lowest BCUT2D eigenvalue weighted by atomic mass is 9.76. The van der Waals surface area contributed by atoms with Crippen LogP contribution in [0.2, 0.25) is 0 Å². The summed E-state index contributed by atoms with van der Waals surface area (Å²) in [5, 5.41) is 8.67. The first kappa shape index (κ1) is 16.9. The number of hydrogen-bond acceptors (Lipinski definition) is 1. The molecule has 1 aromatic carbocycles. The van der Waals surface area contributed by atoms with Crippen molar-refractivity contribution in [3.8, 4) is 6.07 Å². The van der Waals surface area contributed by atoms with Crippen LogP contribution in [0.3, 0.4) is 0 Å². The van der Waals surface area contributed by atoms with Gasteiger partial charge in [-0.3, -0.25) is 0 Å². The van der Waals surface area contributed by atoms with Gasteiger partial charge in [0, 0.05) is 0 Å². The quantitative estimate of drug-likeness (QED) is 0.496. The highest BCUT2D eigenvalue weighted by molar-refractivity contribution is 5.37.